The molecule has 0 fully saturated rings. The van der Waals surface area contributed by atoms with Gasteiger partial charge in [-0.15, -0.1) is 0 Å². The molecule has 1 aromatic carbocycles. The molecule has 0 saturated heterocycles. The number of nitrogens with one attached hydrogen (secondary N) is 1. The molecule has 1 N–H and O–H groups in total. The molecule has 1 heterocycles. The van der Waals surface area contributed by atoms with Gasteiger partial charge >= 0.3 is 6.09 Å². The van der Waals surface area contributed by atoms with Crippen LogP contribution in [0.1, 0.15) is 43.4 Å². The molecule has 0 bridgehead atoms. The van der Waals surface area contributed by atoms with E-state index in [1.807, 2.05) is 45.0 Å². The number of ether oxygens (including phenoxy) is 2. The first kappa shape index (κ1) is 21.2. The molecule has 2 rings (SSSR count). The number of aromatic nitrogens is 2. The smallest absolute Gasteiger partial charge is 0.407 e. The van der Waals surface area contributed by atoms with Crippen LogP contribution in [0.4, 0.5) is 4.79 Å². The molecule has 7 nitrogen and oxygen atoms in total. The number of benzene rings is 1. The predicted octanol–water partition coefficient (Wildman–Crippen LogP) is 3.61. The fourth-order valence-corrected chi connectivity index (χ4v) is 2.29. The summed E-state index contributed by atoms with van der Waals surface area (Å²) in [6, 6.07) is 7.42. The highest BCUT2D eigenvalue weighted by atomic mass is 16.6. The Morgan fingerprint density at radius 3 is 2.54 bits per heavy atom. The summed E-state index contributed by atoms with van der Waals surface area (Å²) in [6.45, 7) is 6.42. The molecule has 1 aromatic heterocycles. The molecule has 7 heteroatoms. The Morgan fingerprint density at radius 1 is 1.21 bits per heavy atom. The van der Waals surface area contributed by atoms with E-state index in [2.05, 4.69) is 10.3 Å². The van der Waals surface area contributed by atoms with Gasteiger partial charge in [0.05, 0.1) is 6.61 Å². The Kier molecular flexibility index (Phi) is 7.37. The van der Waals surface area contributed by atoms with Gasteiger partial charge in [-0.3, -0.25) is 4.79 Å². The van der Waals surface area contributed by atoms with Gasteiger partial charge in [-0.05, 0) is 51.0 Å². The quantitative estimate of drug-likeness (QED) is 0.426. The van der Waals surface area contributed by atoms with Gasteiger partial charge in [0, 0.05) is 26.0 Å². The first-order chi connectivity index (χ1) is 13.2. The minimum atomic E-state index is -0.501. The van der Waals surface area contributed by atoms with Gasteiger partial charge in [0.2, 0.25) is 5.78 Å². The molecular weight excluding hydrogens is 358 g/mol. The molecule has 0 aliphatic carbocycles. The largest absolute Gasteiger partial charge is 0.494 e. The van der Waals surface area contributed by atoms with Crippen molar-refractivity contribution in [2.75, 3.05) is 13.2 Å². The van der Waals surface area contributed by atoms with E-state index in [1.165, 1.54) is 6.08 Å². The number of allylic oxidation sites excluding steroid dienone is 1. The van der Waals surface area contributed by atoms with Crippen LogP contribution in [0.5, 0.6) is 5.75 Å². The van der Waals surface area contributed by atoms with Crippen molar-refractivity contribution in [3.63, 3.8) is 0 Å². The molecular formula is C21H27N3O4. The lowest BCUT2D eigenvalue weighted by Crippen LogP contribution is -2.33. The second-order valence-electron chi connectivity index (χ2n) is 7.26. The zero-order chi connectivity index (χ0) is 20.6. The molecule has 0 radical (unpaired) electrons. The van der Waals surface area contributed by atoms with Crippen molar-refractivity contribution in [2.45, 2.75) is 32.8 Å². The van der Waals surface area contributed by atoms with E-state index in [0.717, 1.165) is 11.3 Å². The van der Waals surface area contributed by atoms with Crippen LogP contribution in [0.25, 0.3) is 6.08 Å². The number of hydrogen-bond acceptors (Lipinski definition) is 5. The Bertz CT molecular complexity index is 817. The van der Waals surface area contributed by atoms with Crippen molar-refractivity contribution in [1.82, 2.24) is 14.9 Å². The second-order valence-corrected chi connectivity index (χ2v) is 7.26. The third-order valence-corrected chi connectivity index (χ3v) is 3.61. The number of hydrogen-bond donors (Lipinski definition) is 1. The Balaban J connectivity index is 1.71. The zero-order valence-corrected chi connectivity index (χ0v) is 16.8. The fourth-order valence-electron chi connectivity index (χ4n) is 2.29. The van der Waals surface area contributed by atoms with E-state index < -0.39 is 11.7 Å². The third kappa shape index (κ3) is 7.26. The maximum atomic E-state index is 12.1. The van der Waals surface area contributed by atoms with Crippen LogP contribution >= 0.6 is 0 Å². The maximum Gasteiger partial charge on any atom is 0.407 e. The third-order valence-electron chi connectivity index (χ3n) is 3.61. The number of ketones is 1. The minimum absolute atomic E-state index is 0.148. The van der Waals surface area contributed by atoms with Crippen molar-refractivity contribution in [1.29, 1.82) is 0 Å². The summed E-state index contributed by atoms with van der Waals surface area (Å²) in [7, 11) is 1.78. The van der Waals surface area contributed by atoms with Crippen LogP contribution < -0.4 is 10.1 Å². The summed E-state index contributed by atoms with van der Waals surface area (Å²) in [4.78, 5) is 27.6. The summed E-state index contributed by atoms with van der Waals surface area (Å²) in [5, 5.41) is 2.69. The molecule has 0 spiro atoms. The monoisotopic (exact) mass is 385 g/mol. The second kappa shape index (κ2) is 9.73. The molecule has 0 aliphatic heterocycles. The first-order valence-electron chi connectivity index (χ1n) is 9.14. The zero-order valence-electron chi connectivity index (χ0n) is 16.8. The number of nitrogens with zero attached hydrogens (tertiary/aromatic N) is 2. The lowest BCUT2D eigenvalue weighted by atomic mass is 10.2. The van der Waals surface area contributed by atoms with Crippen LogP contribution in [-0.4, -0.2) is 40.2 Å². The van der Waals surface area contributed by atoms with Crippen molar-refractivity contribution in [3.8, 4) is 5.75 Å². The molecule has 2 aromatic rings. The van der Waals surface area contributed by atoms with Gasteiger partial charge < -0.3 is 19.4 Å². The number of carbonyl (C=O) groups is 2. The van der Waals surface area contributed by atoms with Crippen molar-refractivity contribution >= 4 is 18.0 Å². The molecule has 0 saturated carbocycles. The summed E-state index contributed by atoms with van der Waals surface area (Å²) in [5.41, 5.74) is 0.389. The number of rotatable bonds is 8. The lowest BCUT2D eigenvalue weighted by molar-refractivity contribution is 0.0525. The van der Waals surface area contributed by atoms with E-state index in [-0.39, 0.29) is 5.78 Å². The first-order valence-corrected chi connectivity index (χ1v) is 9.14. The van der Waals surface area contributed by atoms with Gasteiger partial charge in [-0.25, -0.2) is 9.78 Å². The Morgan fingerprint density at radius 2 is 1.93 bits per heavy atom. The van der Waals surface area contributed by atoms with E-state index in [9.17, 15) is 9.59 Å². The van der Waals surface area contributed by atoms with Gasteiger partial charge in [0.1, 0.15) is 11.4 Å². The standard InChI is InChI=1S/C21H27N3O4/c1-21(2,3)28-20(26)23-12-5-15-27-17-9-6-16(7-10-17)8-11-18(25)19-22-13-14-24(19)4/h6-11,13-14H,5,12,15H2,1-4H3,(H,23,26)/b11-8+. The van der Waals surface area contributed by atoms with Crippen LogP contribution in [-0.2, 0) is 11.8 Å². The SMILES string of the molecule is Cn1ccnc1C(=O)/C=C/c1ccc(OCCCNC(=O)OC(C)(C)C)cc1. The van der Waals surface area contributed by atoms with Crippen molar-refractivity contribution in [3.05, 3.63) is 54.1 Å². The van der Waals surface area contributed by atoms with E-state index in [0.29, 0.717) is 25.4 Å². The number of alkyl carbamates (subject to hydrolysis) is 1. The molecule has 28 heavy (non-hydrogen) atoms. The highest BCUT2D eigenvalue weighted by Gasteiger charge is 2.15. The summed E-state index contributed by atoms with van der Waals surface area (Å²) in [6.07, 6.45) is 6.81. The van der Waals surface area contributed by atoms with Crippen LogP contribution in [0.15, 0.2) is 42.7 Å². The summed E-state index contributed by atoms with van der Waals surface area (Å²) < 4.78 is 12.5. The van der Waals surface area contributed by atoms with Gasteiger partial charge in [0.25, 0.3) is 0 Å². The number of aryl methyl sites for hydroxylation is 1. The average molecular weight is 385 g/mol. The number of amides is 1. The topological polar surface area (TPSA) is 82.5 Å². The van der Waals surface area contributed by atoms with E-state index in [1.54, 1.807) is 30.1 Å². The van der Waals surface area contributed by atoms with Crippen LogP contribution in [0.2, 0.25) is 0 Å². The molecule has 0 unspecified atom stereocenters. The summed E-state index contributed by atoms with van der Waals surface area (Å²) >= 11 is 0. The van der Waals surface area contributed by atoms with Gasteiger partial charge in [-0.2, -0.15) is 0 Å². The lowest BCUT2D eigenvalue weighted by Gasteiger charge is -2.19. The maximum absolute atomic E-state index is 12.1. The van der Waals surface area contributed by atoms with Gasteiger partial charge in [0.15, 0.2) is 5.82 Å². The van der Waals surface area contributed by atoms with E-state index >= 15 is 0 Å². The van der Waals surface area contributed by atoms with Crippen molar-refractivity contribution in [2.24, 2.45) is 7.05 Å². The molecule has 150 valence electrons. The van der Waals surface area contributed by atoms with Crippen LogP contribution in [0, 0.1) is 0 Å². The predicted molar refractivity (Wildman–Crippen MR) is 107 cm³/mol. The number of imidazole rings is 1. The van der Waals surface area contributed by atoms with E-state index in [4.69, 9.17) is 9.47 Å². The Labute approximate surface area is 165 Å². The molecule has 0 atom stereocenters. The molecule has 0 aliphatic rings. The Hall–Kier alpha value is -3.09. The minimum Gasteiger partial charge on any atom is -0.494 e. The highest BCUT2D eigenvalue weighted by Crippen LogP contribution is 2.14. The highest BCUT2D eigenvalue weighted by molar-refractivity contribution is 6.04. The number of carbonyl (C=O) groups excluding carboxylic acids is 2. The fraction of sp³-hybridized carbons (Fsp3) is 0.381. The normalized spacial score (nSPS) is 11.4. The van der Waals surface area contributed by atoms with Crippen molar-refractivity contribution < 1.29 is 19.1 Å². The average Bonchev–Trinajstić information content (AvgIpc) is 3.05. The van der Waals surface area contributed by atoms with Gasteiger partial charge in [-0.1, -0.05) is 18.2 Å². The molecule has 1 amide bonds. The van der Waals surface area contributed by atoms with Crippen LogP contribution in [0.3, 0.4) is 0 Å². The summed E-state index contributed by atoms with van der Waals surface area (Å²) in [5.74, 6) is 0.978.